The average Bonchev–Trinajstić information content (AvgIpc) is 2.98. The summed E-state index contributed by atoms with van der Waals surface area (Å²) in [5.74, 6) is 0.0800. The Hall–Kier alpha value is -1.15. The standard InChI is InChI=1S/C11H16N2O4S2/c1-2-17-10(14)5-9-6-18-11(12-9)13-19(15,16)7-8-3-4-8/h6,8H,2-5,7H2,1H3,(H,12,13). The third kappa shape index (κ3) is 4.79. The zero-order valence-corrected chi connectivity index (χ0v) is 12.2. The van der Waals surface area contributed by atoms with Crippen LogP contribution in [0.15, 0.2) is 5.38 Å². The lowest BCUT2D eigenvalue weighted by Crippen LogP contribution is -2.17. The van der Waals surface area contributed by atoms with Crippen LogP contribution in [-0.2, 0) is 26.0 Å². The number of sulfonamides is 1. The SMILES string of the molecule is CCOC(=O)Cc1csc(NS(=O)(=O)CC2CC2)n1. The van der Waals surface area contributed by atoms with Gasteiger partial charge in [-0.15, -0.1) is 11.3 Å². The summed E-state index contributed by atoms with van der Waals surface area (Å²) >= 11 is 1.17. The molecule has 0 aromatic carbocycles. The van der Waals surface area contributed by atoms with E-state index in [2.05, 4.69) is 9.71 Å². The van der Waals surface area contributed by atoms with Gasteiger partial charge in [-0.3, -0.25) is 9.52 Å². The first-order valence-electron chi connectivity index (χ1n) is 6.09. The van der Waals surface area contributed by atoms with Crippen LogP contribution in [0.2, 0.25) is 0 Å². The summed E-state index contributed by atoms with van der Waals surface area (Å²) in [6.07, 6.45) is 2.02. The van der Waals surface area contributed by atoms with Crippen LogP contribution in [0.1, 0.15) is 25.5 Å². The molecule has 6 nitrogen and oxygen atoms in total. The summed E-state index contributed by atoms with van der Waals surface area (Å²) in [4.78, 5) is 15.3. The number of rotatable bonds is 7. The smallest absolute Gasteiger partial charge is 0.311 e. The van der Waals surface area contributed by atoms with E-state index in [1.807, 2.05) is 0 Å². The van der Waals surface area contributed by atoms with E-state index >= 15 is 0 Å². The molecule has 1 aliphatic rings. The molecule has 0 unspecified atom stereocenters. The van der Waals surface area contributed by atoms with Gasteiger partial charge in [0.25, 0.3) is 0 Å². The Bertz CT molecular complexity index is 549. The maximum absolute atomic E-state index is 11.7. The van der Waals surface area contributed by atoms with Gasteiger partial charge < -0.3 is 4.74 Å². The van der Waals surface area contributed by atoms with Crippen molar-refractivity contribution in [1.29, 1.82) is 0 Å². The molecule has 19 heavy (non-hydrogen) atoms. The third-order valence-electron chi connectivity index (χ3n) is 2.58. The van der Waals surface area contributed by atoms with Crippen LogP contribution >= 0.6 is 11.3 Å². The second kappa shape index (κ2) is 5.87. The van der Waals surface area contributed by atoms with Gasteiger partial charge in [-0.2, -0.15) is 0 Å². The Morgan fingerprint density at radius 1 is 1.58 bits per heavy atom. The van der Waals surface area contributed by atoms with Crippen molar-refractivity contribution in [2.45, 2.75) is 26.2 Å². The highest BCUT2D eigenvalue weighted by Gasteiger charge is 2.28. The summed E-state index contributed by atoms with van der Waals surface area (Å²) in [6.45, 7) is 2.06. The van der Waals surface area contributed by atoms with E-state index in [1.54, 1.807) is 12.3 Å². The van der Waals surface area contributed by atoms with E-state index in [9.17, 15) is 13.2 Å². The molecule has 0 amide bonds. The second-order valence-corrected chi connectivity index (χ2v) is 7.08. The molecule has 0 atom stereocenters. The summed E-state index contributed by atoms with van der Waals surface area (Å²) < 4.78 is 30.7. The molecule has 0 bridgehead atoms. The monoisotopic (exact) mass is 304 g/mol. The van der Waals surface area contributed by atoms with Crippen molar-refractivity contribution in [2.24, 2.45) is 5.92 Å². The summed E-state index contributed by atoms with van der Waals surface area (Å²) in [6, 6.07) is 0. The van der Waals surface area contributed by atoms with Crippen LogP contribution in [0.25, 0.3) is 0 Å². The Kier molecular flexibility index (Phi) is 4.41. The molecule has 1 heterocycles. The number of ether oxygens (including phenoxy) is 1. The first-order chi connectivity index (χ1) is 8.98. The van der Waals surface area contributed by atoms with Gasteiger partial charge in [-0.1, -0.05) is 0 Å². The molecule has 1 fully saturated rings. The summed E-state index contributed by atoms with van der Waals surface area (Å²) in [5.41, 5.74) is 0.521. The molecule has 1 aromatic rings. The minimum Gasteiger partial charge on any atom is -0.466 e. The maximum atomic E-state index is 11.7. The van der Waals surface area contributed by atoms with E-state index in [0.717, 1.165) is 12.8 Å². The minimum absolute atomic E-state index is 0.0642. The third-order valence-corrected chi connectivity index (χ3v) is 4.93. The molecule has 1 saturated carbocycles. The van der Waals surface area contributed by atoms with E-state index < -0.39 is 10.0 Å². The number of nitrogens with zero attached hydrogens (tertiary/aromatic N) is 1. The van der Waals surface area contributed by atoms with Crippen LogP contribution in [0, 0.1) is 5.92 Å². The molecule has 0 radical (unpaired) electrons. The van der Waals surface area contributed by atoms with E-state index in [0.29, 0.717) is 17.4 Å². The molecule has 106 valence electrons. The van der Waals surface area contributed by atoms with Gasteiger partial charge in [-0.05, 0) is 25.7 Å². The molecule has 8 heteroatoms. The lowest BCUT2D eigenvalue weighted by Gasteiger charge is -2.03. The number of nitrogens with one attached hydrogen (secondary N) is 1. The fourth-order valence-electron chi connectivity index (χ4n) is 1.56. The lowest BCUT2D eigenvalue weighted by atomic mass is 10.3. The Morgan fingerprint density at radius 2 is 2.32 bits per heavy atom. The van der Waals surface area contributed by atoms with Gasteiger partial charge in [0, 0.05) is 5.38 Å². The number of thiazole rings is 1. The zero-order chi connectivity index (χ0) is 13.9. The van der Waals surface area contributed by atoms with Crippen LogP contribution < -0.4 is 4.72 Å². The lowest BCUT2D eigenvalue weighted by molar-refractivity contribution is -0.142. The summed E-state index contributed by atoms with van der Waals surface area (Å²) in [7, 11) is -3.32. The van der Waals surface area contributed by atoms with Crippen molar-refractivity contribution < 1.29 is 17.9 Å². The quantitative estimate of drug-likeness (QED) is 0.770. The molecule has 1 aliphatic carbocycles. The van der Waals surface area contributed by atoms with Gasteiger partial charge in [0.1, 0.15) is 0 Å². The number of carbonyl (C=O) groups excluding carboxylic acids is 1. The number of anilines is 1. The maximum Gasteiger partial charge on any atom is 0.311 e. The van der Waals surface area contributed by atoms with Gasteiger partial charge >= 0.3 is 5.97 Å². The molecule has 0 aliphatic heterocycles. The Balaban J connectivity index is 1.91. The predicted octanol–water partition coefficient (Wildman–Crippen LogP) is 1.40. The van der Waals surface area contributed by atoms with Crippen LogP contribution in [0.3, 0.4) is 0 Å². The topological polar surface area (TPSA) is 85.4 Å². The van der Waals surface area contributed by atoms with Gasteiger partial charge in [-0.25, -0.2) is 13.4 Å². The highest BCUT2D eigenvalue weighted by Crippen LogP contribution is 2.31. The van der Waals surface area contributed by atoms with Gasteiger partial charge in [0.05, 0.1) is 24.5 Å². The Labute approximate surface area is 116 Å². The minimum atomic E-state index is -3.32. The van der Waals surface area contributed by atoms with Crippen molar-refractivity contribution in [3.8, 4) is 0 Å². The van der Waals surface area contributed by atoms with Crippen molar-refractivity contribution in [1.82, 2.24) is 4.98 Å². The summed E-state index contributed by atoms with van der Waals surface area (Å²) in [5, 5.41) is 1.96. The number of hydrogen-bond donors (Lipinski definition) is 1. The number of aromatic nitrogens is 1. The molecule has 2 rings (SSSR count). The Morgan fingerprint density at radius 3 is 2.95 bits per heavy atom. The number of carbonyl (C=O) groups is 1. The fraction of sp³-hybridized carbons (Fsp3) is 0.636. The van der Waals surface area contributed by atoms with E-state index in [4.69, 9.17) is 4.74 Å². The molecular formula is C11H16N2O4S2. The average molecular weight is 304 g/mol. The highest BCUT2D eigenvalue weighted by molar-refractivity contribution is 7.92. The zero-order valence-electron chi connectivity index (χ0n) is 10.6. The number of hydrogen-bond acceptors (Lipinski definition) is 6. The van der Waals surface area contributed by atoms with E-state index in [-0.39, 0.29) is 24.1 Å². The van der Waals surface area contributed by atoms with Crippen molar-refractivity contribution in [2.75, 3.05) is 17.1 Å². The van der Waals surface area contributed by atoms with Crippen molar-refractivity contribution in [3.63, 3.8) is 0 Å². The van der Waals surface area contributed by atoms with E-state index in [1.165, 1.54) is 11.3 Å². The van der Waals surface area contributed by atoms with Crippen LogP contribution in [0.5, 0.6) is 0 Å². The van der Waals surface area contributed by atoms with Crippen LogP contribution in [-0.4, -0.2) is 31.7 Å². The highest BCUT2D eigenvalue weighted by atomic mass is 32.2. The van der Waals surface area contributed by atoms with Crippen molar-refractivity contribution in [3.05, 3.63) is 11.1 Å². The first kappa shape index (κ1) is 14.3. The molecule has 0 spiro atoms. The number of esters is 1. The van der Waals surface area contributed by atoms with Gasteiger partial charge in [0.2, 0.25) is 10.0 Å². The largest absolute Gasteiger partial charge is 0.466 e. The molecule has 0 saturated heterocycles. The van der Waals surface area contributed by atoms with Gasteiger partial charge in [0.15, 0.2) is 5.13 Å². The predicted molar refractivity (Wildman–Crippen MR) is 72.6 cm³/mol. The second-order valence-electron chi connectivity index (χ2n) is 4.45. The first-order valence-corrected chi connectivity index (χ1v) is 8.62. The van der Waals surface area contributed by atoms with Crippen molar-refractivity contribution >= 4 is 32.5 Å². The van der Waals surface area contributed by atoms with Crippen LogP contribution in [0.4, 0.5) is 5.13 Å². The normalized spacial score (nSPS) is 15.2. The fourth-order valence-corrected chi connectivity index (χ4v) is 4.04. The molecule has 1 aromatic heterocycles. The molecular weight excluding hydrogens is 288 g/mol. The molecule has 1 N–H and O–H groups in total.